The maximum Gasteiger partial charge on any atom is 0.237 e. The Kier molecular flexibility index (Phi) is 4.59. The molecule has 2 aliphatic carbocycles. The van der Waals surface area contributed by atoms with Crippen LogP contribution in [0.15, 0.2) is 30.3 Å². The van der Waals surface area contributed by atoms with Crippen molar-refractivity contribution in [2.24, 2.45) is 0 Å². The summed E-state index contributed by atoms with van der Waals surface area (Å²) in [6.45, 7) is 1.99. The lowest BCUT2D eigenvalue weighted by Gasteiger charge is -2.34. The summed E-state index contributed by atoms with van der Waals surface area (Å²) in [4.78, 5) is 12.1. The first-order valence-electron chi connectivity index (χ1n) is 8.35. The fraction of sp³-hybridized carbons (Fsp3) is 0.611. The van der Waals surface area contributed by atoms with E-state index in [1.165, 1.54) is 31.2 Å². The Morgan fingerprint density at radius 1 is 1.10 bits per heavy atom. The molecule has 0 aliphatic heterocycles. The Morgan fingerprint density at radius 2 is 1.81 bits per heavy atom. The monoisotopic (exact) mass is 286 g/mol. The highest BCUT2D eigenvalue weighted by atomic mass is 16.2. The van der Waals surface area contributed by atoms with Crippen LogP contribution in [-0.4, -0.2) is 24.0 Å². The van der Waals surface area contributed by atoms with Crippen LogP contribution in [0.1, 0.15) is 56.9 Å². The van der Waals surface area contributed by atoms with Crippen molar-refractivity contribution in [2.75, 3.05) is 0 Å². The van der Waals surface area contributed by atoms with Gasteiger partial charge in [0.25, 0.3) is 0 Å². The molecule has 0 aromatic heterocycles. The number of nitrogens with one attached hydrogen (secondary N) is 2. The van der Waals surface area contributed by atoms with E-state index < -0.39 is 0 Å². The number of amides is 1. The van der Waals surface area contributed by atoms with Crippen LogP contribution in [0.4, 0.5) is 0 Å². The van der Waals surface area contributed by atoms with Crippen LogP contribution in [0, 0.1) is 0 Å². The van der Waals surface area contributed by atoms with Gasteiger partial charge in [-0.1, -0.05) is 43.2 Å². The van der Waals surface area contributed by atoms with Gasteiger partial charge in [-0.2, -0.15) is 0 Å². The summed E-state index contributed by atoms with van der Waals surface area (Å²) < 4.78 is 0. The summed E-state index contributed by atoms with van der Waals surface area (Å²) in [5.41, 5.74) is 1.41. The van der Waals surface area contributed by atoms with E-state index in [1.807, 2.05) is 6.92 Å². The van der Waals surface area contributed by atoms with Crippen LogP contribution >= 0.6 is 0 Å². The lowest BCUT2D eigenvalue weighted by Crippen LogP contribution is -2.49. The summed E-state index contributed by atoms with van der Waals surface area (Å²) in [7, 11) is 0. The fourth-order valence-electron chi connectivity index (χ4n) is 3.38. The van der Waals surface area contributed by atoms with Gasteiger partial charge in [0.2, 0.25) is 5.91 Å². The summed E-state index contributed by atoms with van der Waals surface area (Å²) in [5, 5.41) is 6.68. The molecule has 0 spiro atoms. The maximum atomic E-state index is 12.1. The van der Waals surface area contributed by atoms with Gasteiger partial charge in [0.05, 0.1) is 6.04 Å². The van der Waals surface area contributed by atoms with E-state index in [-0.39, 0.29) is 11.9 Å². The van der Waals surface area contributed by atoms with Crippen LogP contribution in [0.3, 0.4) is 0 Å². The SMILES string of the molecule is CC(NC1CCCCC1c1ccccc1)C(=O)NC1CC1. The van der Waals surface area contributed by atoms with Gasteiger partial charge in [-0.25, -0.2) is 0 Å². The quantitative estimate of drug-likeness (QED) is 0.873. The lowest BCUT2D eigenvalue weighted by atomic mass is 9.79. The van der Waals surface area contributed by atoms with E-state index in [2.05, 4.69) is 41.0 Å². The van der Waals surface area contributed by atoms with E-state index in [0.717, 1.165) is 12.8 Å². The third kappa shape index (κ3) is 3.85. The largest absolute Gasteiger partial charge is 0.352 e. The predicted octanol–water partition coefficient (Wildman–Crippen LogP) is 2.97. The second-order valence-electron chi connectivity index (χ2n) is 6.58. The van der Waals surface area contributed by atoms with Crippen LogP contribution in [0.5, 0.6) is 0 Å². The molecule has 1 amide bonds. The molecule has 3 rings (SSSR count). The summed E-state index contributed by atoms with van der Waals surface area (Å²) in [6, 6.07) is 11.5. The van der Waals surface area contributed by atoms with Gasteiger partial charge in [-0.05, 0) is 44.1 Å². The van der Waals surface area contributed by atoms with Crippen LogP contribution in [0.2, 0.25) is 0 Å². The highest BCUT2D eigenvalue weighted by Crippen LogP contribution is 2.33. The second kappa shape index (κ2) is 6.61. The van der Waals surface area contributed by atoms with Crippen molar-refractivity contribution in [3.05, 3.63) is 35.9 Å². The van der Waals surface area contributed by atoms with Crippen molar-refractivity contribution < 1.29 is 4.79 Å². The topological polar surface area (TPSA) is 41.1 Å². The Morgan fingerprint density at radius 3 is 2.52 bits per heavy atom. The highest BCUT2D eigenvalue weighted by molar-refractivity contribution is 5.81. The van der Waals surface area contributed by atoms with Gasteiger partial charge in [0, 0.05) is 12.1 Å². The molecular formula is C18H26N2O. The van der Waals surface area contributed by atoms with E-state index in [9.17, 15) is 4.79 Å². The minimum atomic E-state index is -0.0973. The highest BCUT2D eigenvalue weighted by Gasteiger charge is 2.30. The second-order valence-corrected chi connectivity index (χ2v) is 6.58. The number of hydrogen-bond acceptors (Lipinski definition) is 2. The van der Waals surface area contributed by atoms with Gasteiger partial charge in [0.1, 0.15) is 0 Å². The molecule has 1 aromatic rings. The minimum absolute atomic E-state index is 0.0973. The maximum absolute atomic E-state index is 12.1. The van der Waals surface area contributed by atoms with Crippen LogP contribution in [-0.2, 0) is 4.79 Å². The molecule has 0 bridgehead atoms. The fourth-order valence-corrected chi connectivity index (χ4v) is 3.38. The van der Waals surface area contributed by atoms with Crippen LogP contribution < -0.4 is 10.6 Å². The number of hydrogen-bond donors (Lipinski definition) is 2. The van der Waals surface area contributed by atoms with Gasteiger partial charge in [-0.3, -0.25) is 4.79 Å². The molecule has 3 unspecified atom stereocenters. The first kappa shape index (κ1) is 14.6. The van der Waals surface area contributed by atoms with Crippen molar-refractivity contribution in [2.45, 2.75) is 69.5 Å². The first-order chi connectivity index (χ1) is 10.2. The zero-order chi connectivity index (χ0) is 14.7. The smallest absolute Gasteiger partial charge is 0.237 e. The molecule has 3 nitrogen and oxygen atoms in total. The molecule has 0 saturated heterocycles. The molecule has 2 saturated carbocycles. The van der Waals surface area contributed by atoms with Crippen LogP contribution in [0.25, 0.3) is 0 Å². The van der Waals surface area contributed by atoms with Gasteiger partial charge in [-0.15, -0.1) is 0 Å². The normalized spacial score (nSPS) is 27.1. The van der Waals surface area contributed by atoms with E-state index in [0.29, 0.717) is 18.0 Å². The summed E-state index contributed by atoms with van der Waals surface area (Å²) in [5.74, 6) is 0.700. The third-order valence-electron chi connectivity index (χ3n) is 4.77. The number of benzene rings is 1. The number of rotatable bonds is 5. The van der Waals surface area contributed by atoms with E-state index in [4.69, 9.17) is 0 Å². The van der Waals surface area contributed by atoms with Gasteiger partial charge >= 0.3 is 0 Å². The molecule has 3 atom stereocenters. The predicted molar refractivity (Wildman–Crippen MR) is 85.2 cm³/mol. The van der Waals surface area contributed by atoms with E-state index in [1.54, 1.807) is 0 Å². The summed E-state index contributed by atoms with van der Waals surface area (Å²) in [6.07, 6.45) is 7.24. The average Bonchev–Trinajstić information content (AvgIpc) is 3.32. The average molecular weight is 286 g/mol. The molecule has 0 radical (unpaired) electrons. The molecule has 2 fully saturated rings. The van der Waals surface area contributed by atoms with Crippen molar-refractivity contribution in [3.8, 4) is 0 Å². The first-order valence-corrected chi connectivity index (χ1v) is 8.35. The van der Waals surface area contributed by atoms with Crippen molar-refractivity contribution in [1.29, 1.82) is 0 Å². The van der Waals surface area contributed by atoms with Crippen molar-refractivity contribution in [1.82, 2.24) is 10.6 Å². The lowest BCUT2D eigenvalue weighted by molar-refractivity contribution is -0.123. The Hall–Kier alpha value is -1.35. The standard InChI is InChI=1S/C18H26N2O/c1-13(18(21)20-15-11-12-15)19-17-10-6-5-9-16(17)14-7-3-2-4-8-14/h2-4,7-8,13,15-17,19H,5-6,9-12H2,1H3,(H,20,21). The third-order valence-corrected chi connectivity index (χ3v) is 4.77. The molecular weight excluding hydrogens is 260 g/mol. The molecule has 0 heterocycles. The Labute approximate surface area is 127 Å². The summed E-state index contributed by atoms with van der Waals surface area (Å²) >= 11 is 0. The number of carbonyl (C=O) groups excluding carboxylic acids is 1. The molecule has 21 heavy (non-hydrogen) atoms. The van der Waals surface area contributed by atoms with Gasteiger partial charge < -0.3 is 10.6 Å². The van der Waals surface area contributed by atoms with E-state index >= 15 is 0 Å². The molecule has 1 aromatic carbocycles. The van der Waals surface area contributed by atoms with Crippen molar-refractivity contribution in [3.63, 3.8) is 0 Å². The Bertz CT molecular complexity index is 469. The number of carbonyl (C=O) groups is 1. The Balaban J connectivity index is 1.62. The molecule has 2 aliphatic rings. The van der Waals surface area contributed by atoms with Crippen molar-refractivity contribution >= 4 is 5.91 Å². The van der Waals surface area contributed by atoms with Gasteiger partial charge in [0.15, 0.2) is 0 Å². The zero-order valence-corrected chi connectivity index (χ0v) is 12.8. The minimum Gasteiger partial charge on any atom is -0.352 e. The molecule has 2 N–H and O–H groups in total. The molecule has 114 valence electrons. The molecule has 3 heteroatoms. The zero-order valence-electron chi connectivity index (χ0n) is 12.8.